The SMILES string of the molecule is O.[Be+2].[Cu].[H-].[H-].[Zn]. The minimum absolute atomic E-state index is 0. The molecule has 4 heteroatoms. The smallest absolute Gasteiger partial charge is 1.00 e. The van der Waals surface area contributed by atoms with E-state index < -0.39 is 0 Å². The van der Waals surface area contributed by atoms with Crippen molar-refractivity contribution < 1.29 is 44.9 Å². The van der Waals surface area contributed by atoms with Gasteiger partial charge in [0.2, 0.25) is 0 Å². The van der Waals surface area contributed by atoms with E-state index in [1.165, 1.54) is 0 Å². The van der Waals surface area contributed by atoms with Crippen molar-refractivity contribution in [3.05, 3.63) is 0 Å². The molecular weight excluding hydrogens is 154 g/mol. The van der Waals surface area contributed by atoms with Crippen LogP contribution >= 0.6 is 0 Å². The van der Waals surface area contributed by atoms with Gasteiger partial charge in [-0.15, -0.1) is 0 Å². The maximum atomic E-state index is 0. The number of hydrogen-bond acceptors (Lipinski definition) is 0. The maximum absolute atomic E-state index is 0. The molecule has 0 saturated heterocycles. The Bertz CT molecular complexity index is 13.5. The molecule has 4 heavy (non-hydrogen) atoms. The molecule has 0 rings (SSSR count). The van der Waals surface area contributed by atoms with Gasteiger partial charge in [-0.2, -0.15) is 0 Å². The summed E-state index contributed by atoms with van der Waals surface area (Å²) in [5.41, 5.74) is 0. The van der Waals surface area contributed by atoms with Crippen LogP contribution in [0.2, 0.25) is 0 Å². The number of hydrogen-bond donors (Lipinski definition) is 0. The largest absolute Gasteiger partial charge is 2.00 e. The molecule has 0 fully saturated rings. The van der Waals surface area contributed by atoms with E-state index in [0.29, 0.717) is 0 Å². The molecule has 0 aliphatic rings. The summed E-state index contributed by atoms with van der Waals surface area (Å²) in [5, 5.41) is 0. The van der Waals surface area contributed by atoms with Crippen LogP contribution in [-0.2, 0) is 36.5 Å². The molecule has 0 unspecified atom stereocenters. The molecule has 0 aromatic carbocycles. The average Bonchev–Trinajstić information content (AvgIpc) is 0. The maximum Gasteiger partial charge on any atom is 2.00 e. The van der Waals surface area contributed by atoms with Gasteiger partial charge in [0.05, 0.1) is 0 Å². The Labute approximate surface area is 55.3 Å². The summed E-state index contributed by atoms with van der Waals surface area (Å²) < 4.78 is 0. The van der Waals surface area contributed by atoms with Gasteiger partial charge in [-0.3, -0.25) is 0 Å². The molecule has 0 aromatic rings. The van der Waals surface area contributed by atoms with Gasteiger partial charge in [-0.25, -0.2) is 0 Å². The summed E-state index contributed by atoms with van der Waals surface area (Å²) in [6.45, 7) is 0. The van der Waals surface area contributed by atoms with Gasteiger partial charge in [0.15, 0.2) is 0 Å². The first-order chi connectivity index (χ1) is 0. The molecule has 0 amide bonds. The van der Waals surface area contributed by atoms with Crippen LogP contribution in [0.1, 0.15) is 2.85 Å². The summed E-state index contributed by atoms with van der Waals surface area (Å²) in [6, 6.07) is 0. The summed E-state index contributed by atoms with van der Waals surface area (Å²) in [7, 11) is 0. The topological polar surface area (TPSA) is 31.5 Å². The van der Waals surface area contributed by atoms with Crippen molar-refractivity contribution in [3.63, 3.8) is 0 Å². The van der Waals surface area contributed by atoms with Crippen LogP contribution in [0.4, 0.5) is 0 Å². The predicted octanol–water partition coefficient (Wildman–Crippen LogP) is -0.986. The molecule has 1 nitrogen and oxygen atoms in total. The van der Waals surface area contributed by atoms with Crippen LogP contribution in [0.15, 0.2) is 0 Å². The molecular formula is H4BeCuOZn. The van der Waals surface area contributed by atoms with E-state index in [-0.39, 0.29) is 55.0 Å². The molecule has 25 valence electrons. The normalized spacial score (nSPS) is 0. The summed E-state index contributed by atoms with van der Waals surface area (Å²) >= 11 is 0. The van der Waals surface area contributed by atoms with Gasteiger partial charge in [-0.1, -0.05) is 0 Å². The first-order valence-corrected chi connectivity index (χ1v) is 0. The molecule has 0 atom stereocenters. The fourth-order valence-corrected chi connectivity index (χ4v) is 0. The first kappa shape index (κ1) is 59.5. The number of rotatable bonds is 0. The molecule has 0 aliphatic heterocycles. The van der Waals surface area contributed by atoms with Crippen molar-refractivity contribution >= 4 is 10.1 Å². The van der Waals surface area contributed by atoms with Gasteiger partial charge >= 0.3 is 10.1 Å². The van der Waals surface area contributed by atoms with Crippen molar-refractivity contribution in [1.29, 1.82) is 0 Å². The van der Waals surface area contributed by atoms with Gasteiger partial charge in [-0.05, 0) is 0 Å². The van der Waals surface area contributed by atoms with Crippen LogP contribution in [0.5, 0.6) is 0 Å². The zero-order valence-corrected chi connectivity index (χ0v) is 6.12. The monoisotopic (exact) mass is 156 g/mol. The molecule has 0 heterocycles. The molecule has 0 aliphatic carbocycles. The van der Waals surface area contributed by atoms with Crippen LogP contribution < -0.4 is 0 Å². The summed E-state index contributed by atoms with van der Waals surface area (Å²) in [5.74, 6) is 0. The second kappa shape index (κ2) is 28.3. The van der Waals surface area contributed by atoms with Crippen LogP contribution in [0.3, 0.4) is 0 Å². The molecule has 0 saturated carbocycles. The fourth-order valence-electron chi connectivity index (χ4n) is 0. The van der Waals surface area contributed by atoms with E-state index in [4.69, 9.17) is 0 Å². The van der Waals surface area contributed by atoms with E-state index in [9.17, 15) is 0 Å². The van der Waals surface area contributed by atoms with Crippen molar-refractivity contribution in [2.24, 2.45) is 0 Å². The van der Waals surface area contributed by atoms with Gasteiger partial charge in [0.25, 0.3) is 0 Å². The minimum atomic E-state index is 0. The van der Waals surface area contributed by atoms with Gasteiger partial charge in [0.1, 0.15) is 0 Å². The molecule has 0 aromatic heterocycles. The second-order valence-corrected chi connectivity index (χ2v) is 0. The third-order valence-electron chi connectivity index (χ3n) is 0. The standard InChI is InChI=1S/Be.Cu.H2O.Zn.2H/h;;1H2;;;/q+2;;;;2*-1. The zero-order chi connectivity index (χ0) is 0. The third-order valence-corrected chi connectivity index (χ3v) is 0. The van der Waals surface area contributed by atoms with Crippen LogP contribution in [0.25, 0.3) is 0 Å². The Morgan fingerprint density at radius 3 is 1.25 bits per heavy atom. The summed E-state index contributed by atoms with van der Waals surface area (Å²) in [6.07, 6.45) is 0. The molecule has 2 N–H and O–H groups in total. The third kappa shape index (κ3) is 10.4. The van der Waals surface area contributed by atoms with Crippen molar-refractivity contribution in [1.82, 2.24) is 0 Å². The average molecular weight is 158 g/mol. The van der Waals surface area contributed by atoms with E-state index in [1.807, 2.05) is 0 Å². The van der Waals surface area contributed by atoms with E-state index >= 15 is 0 Å². The molecule has 0 spiro atoms. The van der Waals surface area contributed by atoms with Crippen LogP contribution in [0, 0.1) is 0 Å². The fraction of sp³-hybridized carbons (Fsp3) is 0. The Morgan fingerprint density at radius 1 is 1.25 bits per heavy atom. The Balaban J connectivity index is 0. The van der Waals surface area contributed by atoms with Gasteiger partial charge in [0, 0.05) is 36.5 Å². The summed E-state index contributed by atoms with van der Waals surface area (Å²) in [4.78, 5) is 0. The Morgan fingerprint density at radius 2 is 1.25 bits per heavy atom. The molecule has 1 radical (unpaired) electrons. The Hall–Kier alpha value is 1.27. The first-order valence-electron chi connectivity index (χ1n) is 0. The van der Waals surface area contributed by atoms with E-state index in [1.54, 1.807) is 0 Å². The molecule has 0 bridgehead atoms. The van der Waals surface area contributed by atoms with Crippen molar-refractivity contribution in [2.75, 3.05) is 0 Å². The Kier molecular flexibility index (Phi) is 420. The van der Waals surface area contributed by atoms with E-state index in [2.05, 4.69) is 0 Å². The van der Waals surface area contributed by atoms with E-state index in [0.717, 1.165) is 0 Å². The minimum Gasteiger partial charge on any atom is -1.00 e. The predicted molar refractivity (Wildman–Crippen MR) is 11.6 cm³/mol. The quantitative estimate of drug-likeness (QED) is 0.405. The van der Waals surface area contributed by atoms with Crippen molar-refractivity contribution in [3.8, 4) is 0 Å². The van der Waals surface area contributed by atoms with Crippen LogP contribution in [-0.4, -0.2) is 15.6 Å². The van der Waals surface area contributed by atoms with Gasteiger partial charge < -0.3 is 8.33 Å². The van der Waals surface area contributed by atoms with Crippen molar-refractivity contribution in [2.45, 2.75) is 0 Å². The zero-order valence-electron chi connectivity index (χ0n) is 4.22. The second-order valence-electron chi connectivity index (χ2n) is 0.